The van der Waals surface area contributed by atoms with Crippen LogP contribution in [0.3, 0.4) is 0 Å². The van der Waals surface area contributed by atoms with Crippen LogP contribution in [-0.4, -0.2) is 40.0 Å². The number of benzene rings is 2. The molecule has 2 N–H and O–H groups in total. The molecule has 10 nitrogen and oxygen atoms in total. The van der Waals surface area contributed by atoms with Gasteiger partial charge in [-0.15, -0.1) is 0 Å². The van der Waals surface area contributed by atoms with Gasteiger partial charge in [0.1, 0.15) is 5.57 Å². The Kier molecular flexibility index (Phi) is 5.56. The highest BCUT2D eigenvalue weighted by Gasteiger charge is 2.34. The summed E-state index contributed by atoms with van der Waals surface area (Å²) in [6.45, 7) is 0. The average Bonchev–Trinajstić information content (AvgIpc) is 2.71. The van der Waals surface area contributed by atoms with Crippen molar-refractivity contribution >= 4 is 52.6 Å². The molecule has 2 aromatic carbocycles. The molecule has 3 rings (SSSR count). The number of aromatic carboxylic acids is 1. The van der Waals surface area contributed by atoms with E-state index in [0.717, 1.165) is 11.0 Å². The summed E-state index contributed by atoms with van der Waals surface area (Å²) in [6.07, 6.45) is 1.18. The van der Waals surface area contributed by atoms with E-state index in [2.05, 4.69) is 5.32 Å². The van der Waals surface area contributed by atoms with Crippen molar-refractivity contribution in [2.24, 2.45) is 0 Å². The SMILES string of the molecule is COc1ccc(C=C2C(=O)NC(=S)N(c3cccc(C(=O)O)c3)C2=O)cc1[N+](=O)[O-]. The molecule has 1 fully saturated rings. The van der Waals surface area contributed by atoms with E-state index in [0.29, 0.717) is 0 Å². The number of carboxylic acids is 1. The molecule has 0 aromatic heterocycles. The summed E-state index contributed by atoms with van der Waals surface area (Å²) in [5.41, 5.74) is -0.373. The van der Waals surface area contributed by atoms with Crippen LogP contribution in [0.1, 0.15) is 15.9 Å². The van der Waals surface area contributed by atoms with E-state index in [1.165, 1.54) is 49.6 Å². The maximum atomic E-state index is 13.0. The van der Waals surface area contributed by atoms with Crippen LogP contribution in [0.4, 0.5) is 11.4 Å². The van der Waals surface area contributed by atoms with Gasteiger partial charge < -0.3 is 9.84 Å². The third-order valence-electron chi connectivity index (χ3n) is 4.16. The molecular formula is C19H13N3O7S. The van der Waals surface area contributed by atoms with Crippen molar-refractivity contribution in [3.63, 3.8) is 0 Å². The van der Waals surface area contributed by atoms with E-state index in [1.54, 1.807) is 0 Å². The molecule has 0 saturated carbocycles. The van der Waals surface area contributed by atoms with Gasteiger partial charge in [0.25, 0.3) is 11.8 Å². The molecule has 1 aliphatic heterocycles. The summed E-state index contributed by atoms with van der Waals surface area (Å²) in [4.78, 5) is 48.1. The summed E-state index contributed by atoms with van der Waals surface area (Å²) in [5.74, 6) is -2.76. The average molecular weight is 427 g/mol. The monoisotopic (exact) mass is 427 g/mol. The zero-order valence-corrected chi connectivity index (χ0v) is 16.1. The van der Waals surface area contributed by atoms with E-state index in [9.17, 15) is 24.5 Å². The number of hydrogen-bond acceptors (Lipinski definition) is 7. The molecule has 0 radical (unpaired) electrons. The normalized spacial score (nSPS) is 15.2. The Balaban J connectivity index is 2.05. The predicted octanol–water partition coefficient (Wildman–Crippen LogP) is 2.13. The molecule has 152 valence electrons. The first-order chi connectivity index (χ1) is 14.2. The van der Waals surface area contributed by atoms with Gasteiger partial charge in [0, 0.05) is 6.07 Å². The number of carbonyl (C=O) groups is 3. The summed E-state index contributed by atoms with van der Waals surface area (Å²) >= 11 is 5.07. The molecule has 1 heterocycles. The van der Waals surface area contributed by atoms with Gasteiger partial charge in [-0.25, -0.2) is 4.79 Å². The zero-order valence-electron chi connectivity index (χ0n) is 15.3. The van der Waals surface area contributed by atoms with Crippen LogP contribution >= 0.6 is 12.2 Å². The van der Waals surface area contributed by atoms with Crippen molar-refractivity contribution in [3.8, 4) is 5.75 Å². The van der Waals surface area contributed by atoms with Gasteiger partial charge in [-0.3, -0.25) is 29.9 Å². The number of nitro groups is 1. The number of anilines is 1. The van der Waals surface area contributed by atoms with Gasteiger partial charge in [-0.05, 0) is 48.1 Å². The summed E-state index contributed by atoms with van der Waals surface area (Å²) in [5, 5.41) is 22.5. The predicted molar refractivity (Wildman–Crippen MR) is 109 cm³/mol. The molecule has 0 spiro atoms. The molecule has 11 heteroatoms. The van der Waals surface area contributed by atoms with Gasteiger partial charge >= 0.3 is 11.7 Å². The lowest BCUT2D eigenvalue weighted by atomic mass is 10.1. The van der Waals surface area contributed by atoms with Crippen LogP contribution in [0.25, 0.3) is 6.08 Å². The number of thiocarbonyl (C=S) groups is 1. The highest BCUT2D eigenvalue weighted by molar-refractivity contribution is 7.80. The van der Waals surface area contributed by atoms with E-state index in [-0.39, 0.29) is 38.9 Å². The minimum atomic E-state index is -1.20. The highest BCUT2D eigenvalue weighted by Crippen LogP contribution is 2.29. The highest BCUT2D eigenvalue weighted by atomic mass is 32.1. The third-order valence-corrected chi connectivity index (χ3v) is 4.45. The van der Waals surface area contributed by atoms with Crippen molar-refractivity contribution < 1.29 is 29.2 Å². The number of nitro benzene ring substituents is 1. The second-order valence-electron chi connectivity index (χ2n) is 6.00. The maximum absolute atomic E-state index is 13.0. The van der Waals surface area contributed by atoms with Crippen LogP contribution in [0.15, 0.2) is 48.0 Å². The van der Waals surface area contributed by atoms with E-state index >= 15 is 0 Å². The Bertz CT molecular complexity index is 1140. The molecule has 2 amide bonds. The van der Waals surface area contributed by atoms with E-state index < -0.39 is 22.7 Å². The molecule has 1 aliphatic rings. The van der Waals surface area contributed by atoms with Crippen molar-refractivity contribution in [3.05, 3.63) is 69.3 Å². The maximum Gasteiger partial charge on any atom is 0.335 e. The summed E-state index contributed by atoms with van der Waals surface area (Å²) in [7, 11) is 1.28. The Morgan fingerprint density at radius 1 is 1.27 bits per heavy atom. The largest absolute Gasteiger partial charge is 0.490 e. The fourth-order valence-corrected chi connectivity index (χ4v) is 3.06. The lowest BCUT2D eigenvalue weighted by Crippen LogP contribution is -2.54. The van der Waals surface area contributed by atoms with E-state index in [4.69, 9.17) is 22.1 Å². The summed E-state index contributed by atoms with van der Waals surface area (Å²) in [6, 6.07) is 9.42. The van der Waals surface area contributed by atoms with Gasteiger partial charge in [0.2, 0.25) is 0 Å². The van der Waals surface area contributed by atoms with Crippen molar-refractivity contribution in [2.75, 3.05) is 12.0 Å². The number of rotatable bonds is 5. The molecule has 2 aromatic rings. The van der Waals surface area contributed by atoms with Crippen molar-refractivity contribution in [1.82, 2.24) is 5.32 Å². The first kappa shape index (κ1) is 20.6. The minimum absolute atomic E-state index is 0.0230. The molecule has 0 atom stereocenters. The van der Waals surface area contributed by atoms with E-state index in [1.807, 2.05) is 0 Å². The Hall–Kier alpha value is -4.12. The van der Waals surface area contributed by atoms with Crippen LogP contribution in [0.2, 0.25) is 0 Å². The third kappa shape index (κ3) is 3.86. The zero-order chi connectivity index (χ0) is 22.0. The Labute approximate surface area is 174 Å². The molecule has 1 saturated heterocycles. The number of nitrogens with one attached hydrogen (secondary N) is 1. The lowest BCUT2D eigenvalue weighted by molar-refractivity contribution is -0.385. The van der Waals surface area contributed by atoms with Crippen LogP contribution in [0, 0.1) is 10.1 Å². The number of carboxylic acid groups (broad SMARTS) is 1. The number of ether oxygens (including phenoxy) is 1. The topological polar surface area (TPSA) is 139 Å². The van der Waals surface area contributed by atoms with Crippen LogP contribution in [-0.2, 0) is 9.59 Å². The number of hydrogen-bond donors (Lipinski definition) is 2. The molecule has 0 unspecified atom stereocenters. The first-order valence-corrected chi connectivity index (χ1v) is 8.71. The molecule has 0 aliphatic carbocycles. The minimum Gasteiger partial charge on any atom is -0.490 e. The number of methoxy groups -OCH3 is 1. The van der Waals surface area contributed by atoms with Gasteiger partial charge in [-0.1, -0.05) is 12.1 Å². The first-order valence-electron chi connectivity index (χ1n) is 8.30. The van der Waals surface area contributed by atoms with Crippen LogP contribution in [0.5, 0.6) is 5.75 Å². The number of carbonyl (C=O) groups excluding carboxylic acids is 2. The molecular weight excluding hydrogens is 414 g/mol. The second-order valence-corrected chi connectivity index (χ2v) is 6.39. The fourth-order valence-electron chi connectivity index (χ4n) is 2.78. The standard InChI is InChI=1S/C19H13N3O7S/c1-29-15-6-5-10(8-14(15)22(27)28)7-13-16(23)20-19(30)21(17(13)24)12-4-2-3-11(9-12)18(25)26/h2-9H,1H3,(H,25,26)(H,20,23,30). The smallest absolute Gasteiger partial charge is 0.335 e. The van der Waals surface area contributed by atoms with Crippen molar-refractivity contribution in [1.29, 1.82) is 0 Å². The fraction of sp³-hybridized carbons (Fsp3) is 0.0526. The lowest BCUT2D eigenvalue weighted by Gasteiger charge is -2.29. The number of nitrogens with zero attached hydrogens (tertiary/aromatic N) is 2. The van der Waals surface area contributed by atoms with Gasteiger partial charge in [-0.2, -0.15) is 0 Å². The summed E-state index contributed by atoms with van der Waals surface area (Å²) < 4.78 is 4.93. The second kappa shape index (κ2) is 8.09. The van der Waals surface area contributed by atoms with Crippen LogP contribution < -0.4 is 15.0 Å². The molecule has 0 bridgehead atoms. The quantitative estimate of drug-likeness (QED) is 0.243. The molecule has 30 heavy (non-hydrogen) atoms. The van der Waals surface area contributed by atoms with Gasteiger partial charge in [0.15, 0.2) is 10.9 Å². The van der Waals surface area contributed by atoms with Crippen molar-refractivity contribution in [2.45, 2.75) is 0 Å². The Morgan fingerprint density at radius 2 is 2.00 bits per heavy atom. The van der Waals surface area contributed by atoms with Gasteiger partial charge in [0.05, 0.1) is 23.3 Å². The Morgan fingerprint density at radius 3 is 2.63 bits per heavy atom. The number of amides is 2.